The van der Waals surface area contributed by atoms with Crippen molar-refractivity contribution in [2.45, 2.75) is 5.16 Å². The molecule has 0 spiro atoms. The number of anilines is 2. The van der Waals surface area contributed by atoms with E-state index in [9.17, 15) is 9.59 Å². The first-order valence-electron chi connectivity index (χ1n) is 7.75. The molecule has 0 bridgehead atoms. The Morgan fingerprint density at radius 1 is 1.28 bits per heavy atom. The van der Waals surface area contributed by atoms with Gasteiger partial charge < -0.3 is 25.0 Å². The van der Waals surface area contributed by atoms with Crippen LogP contribution in [-0.4, -0.2) is 59.0 Å². The summed E-state index contributed by atoms with van der Waals surface area (Å²) < 4.78 is 5.33. The number of hydrogen-bond donors (Lipinski definition) is 3. The van der Waals surface area contributed by atoms with Crippen molar-refractivity contribution in [1.29, 1.82) is 0 Å². The molecule has 1 fully saturated rings. The summed E-state index contributed by atoms with van der Waals surface area (Å²) in [6.45, 7) is 3.19. The van der Waals surface area contributed by atoms with E-state index in [2.05, 4.69) is 20.2 Å². The fourth-order valence-corrected chi connectivity index (χ4v) is 3.04. The fourth-order valence-electron chi connectivity index (χ4n) is 2.39. The SMILES string of the molecule is O=C(CSc1ncc(C(=O)O)[nH]1)Nc1ccc(N2CCOCC2)cc1. The van der Waals surface area contributed by atoms with Gasteiger partial charge in [0.15, 0.2) is 5.16 Å². The summed E-state index contributed by atoms with van der Waals surface area (Å²) in [6.07, 6.45) is 1.23. The Labute approximate surface area is 148 Å². The van der Waals surface area contributed by atoms with Crippen molar-refractivity contribution in [3.05, 3.63) is 36.2 Å². The number of amides is 1. The minimum atomic E-state index is -1.08. The van der Waals surface area contributed by atoms with Gasteiger partial charge in [0.2, 0.25) is 5.91 Å². The van der Waals surface area contributed by atoms with E-state index in [0.29, 0.717) is 10.8 Å². The molecule has 1 amide bonds. The number of carboxylic acids is 1. The zero-order chi connectivity index (χ0) is 17.6. The number of H-pyrrole nitrogens is 1. The number of aromatic amines is 1. The minimum Gasteiger partial charge on any atom is -0.477 e. The molecule has 3 N–H and O–H groups in total. The Morgan fingerprint density at radius 2 is 2.00 bits per heavy atom. The molecule has 0 radical (unpaired) electrons. The van der Waals surface area contributed by atoms with Crippen LogP contribution < -0.4 is 10.2 Å². The van der Waals surface area contributed by atoms with E-state index in [0.717, 1.165) is 43.8 Å². The molecule has 1 aromatic carbocycles. The van der Waals surface area contributed by atoms with Gasteiger partial charge in [-0.2, -0.15) is 0 Å². The van der Waals surface area contributed by atoms with Gasteiger partial charge >= 0.3 is 5.97 Å². The maximum atomic E-state index is 12.0. The van der Waals surface area contributed by atoms with Gasteiger partial charge in [-0.25, -0.2) is 9.78 Å². The Morgan fingerprint density at radius 3 is 2.64 bits per heavy atom. The van der Waals surface area contributed by atoms with Crippen LogP contribution in [0.25, 0.3) is 0 Å². The summed E-state index contributed by atoms with van der Waals surface area (Å²) in [5.74, 6) is -1.13. The number of nitrogens with one attached hydrogen (secondary N) is 2. The van der Waals surface area contributed by atoms with E-state index in [1.165, 1.54) is 6.20 Å². The largest absolute Gasteiger partial charge is 0.477 e. The summed E-state index contributed by atoms with van der Waals surface area (Å²) in [5.41, 5.74) is 1.82. The number of aromatic nitrogens is 2. The quantitative estimate of drug-likeness (QED) is 0.671. The second-order valence-corrected chi connectivity index (χ2v) is 6.35. The van der Waals surface area contributed by atoms with E-state index in [1.54, 1.807) is 0 Å². The molecule has 0 unspecified atom stereocenters. The summed E-state index contributed by atoms with van der Waals surface area (Å²) in [5, 5.41) is 12.0. The van der Waals surface area contributed by atoms with Crippen LogP contribution in [0.4, 0.5) is 11.4 Å². The molecular formula is C16H18N4O4S. The van der Waals surface area contributed by atoms with Crippen LogP contribution in [0.5, 0.6) is 0 Å². The van der Waals surface area contributed by atoms with Gasteiger partial charge in [0.25, 0.3) is 0 Å². The van der Waals surface area contributed by atoms with Crippen molar-refractivity contribution < 1.29 is 19.4 Å². The van der Waals surface area contributed by atoms with E-state index in [1.807, 2.05) is 24.3 Å². The summed E-state index contributed by atoms with van der Waals surface area (Å²) in [6, 6.07) is 7.67. The highest BCUT2D eigenvalue weighted by Crippen LogP contribution is 2.20. The average molecular weight is 362 g/mol. The predicted molar refractivity (Wildman–Crippen MR) is 94.4 cm³/mol. The van der Waals surface area contributed by atoms with Gasteiger partial charge in [0, 0.05) is 24.5 Å². The number of carbonyl (C=O) groups excluding carboxylic acids is 1. The monoisotopic (exact) mass is 362 g/mol. The predicted octanol–water partition coefficient (Wildman–Crippen LogP) is 1.68. The van der Waals surface area contributed by atoms with Crippen LogP contribution in [0.3, 0.4) is 0 Å². The van der Waals surface area contributed by atoms with Gasteiger partial charge in [0.1, 0.15) is 5.69 Å². The molecule has 0 saturated carbocycles. The number of carboxylic acid groups (broad SMARTS) is 1. The first kappa shape index (κ1) is 17.3. The molecular weight excluding hydrogens is 344 g/mol. The van der Waals surface area contributed by atoms with Gasteiger partial charge in [-0.1, -0.05) is 11.8 Å². The molecule has 1 aliphatic rings. The normalized spacial score (nSPS) is 14.3. The van der Waals surface area contributed by atoms with Crippen molar-refractivity contribution in [1.82, 2.24) is 9.97 Å². The van der Waals surface area contributed by atoms with Crippen LogP contribution >= 0.6 is 11.8 Å². The van der Waals surface area contributed by atoms with E-state index < -0.39 is 5.97 Å². The fraction of sp³-hybridized carbons (Fsp3) is 0.312. The highest BCUT2D eigenvalue weighted by Gasteiger charge is 2.12. The second kappa shape index (κ2) is 8.04. The van der Waals surface area contributed by atoms with Gasteiger partial charge in [0.05, 0.1) is 25.2 Å². The van der Waals surface area contributed by atoms with Crippen molar-refractivity contribution in [3.63, 3.8) is 0 Å². The molecule has 3 rings (SSSR count). The Balaban J connectivity index is 1.49. The first-order valence-corrected chi connectivity index (χ1v) is 8.74. The molecule has 2 aromatic rings. The van der Waals surface area contributed by atoms with Crippen LogP contribution in [0.15, 0.2) is 35.6 Å². The maximum Gasteiger partial charge on any atom is 0.353 e. The molecule has 2 heterocycles. The molecule has 9 heteroatoms. The van der Waals surface area contributed by atoms with Gasteiger partial charge in [-0.15, -0.1) is 0 Å². The van der Waals surface area contributed by atoms with Crippen molar-refractivity contribution in [2.75, 3.05) is 42.3 Å². The number of thioether (sulfide) groups is 1. The summed E-state index contributed by atoms with van der Waals surface area (Å²) in [4.78, 5) is 31.5. The lowest BCUT2D eigenvalue weighted by Crippen LogP contribution is -2.36. The first-order chi connectivity index (χ1) is 12.1. The zero-order valence-electron chi connectivity index (χ0n) is 13.4. The average Bonchev–Trinajstić information content (AvgIpc) is 3.11. The number of morpholine rings is 1. The molecule has 132 valence electrons. The zero-order valence-corrected chi connectivity index (χ0v) is 14.2. The molecule has 1 saturated heterocycles. The Hall–Kier alpha value is -2.52. The third-order valence-electron chi connectivity index (χ3n) is 3.65. The lowest BCUT2D eigenvalue weighted by Gasteiger charge is -2.28. The Kier molecular flexibility index (Phi) is 5.56. The number of carbonyl (C=O) groups is 2. The number of nitrogens with zero attached hydrogens (tertiary/aromatic N) is 2. The van der Waals surface area contributed by atoms with E-state index in [4.69, 9.17) is 9.84 Å². The highest BCUT2D eigenvalue weighted by molar-refractivity contribution is 7.99. The molecule has 8 nitrogen and oxygen atoms in total. The number of aromatic carboxylic acids is 1. The van der Waals surface area contributed by atoms with Crippen molar-refractivity contribution >= 4 is 35.0 Å². The van der Waals surface area contributed by atoms with Crippen molar-refractivity contribution in [3.8, 4) is 0 Å². The summed E-state index contributed by atoms with van der Waals surface area (Å²) in [7, 11) is 0. The molecule has 0 aliphatic carbocycles. The smallest absolute Gasteiger partial charge is 0.353 e. The molecule has 0 atom stereocenters. The van der Waals surface area contributed by atoms with Crippen LogP contribution in [0.2, 0.25) is 0 Å². The van der Waals surface area contributed by atoms with Crippen LogP contribution in [-0.2, 0) is 9.53 Å². The van der Waals surface area contributed by atoms with Gasteiger partial charge in [-0.3, -0.25) is 4.79 Å². The number of imidazole rings is 1. The van der Waals surface area contributed by atoms with E-state index >= 15 is 0 Å². The number of benzene rings is 1. The minimum absolute atomic E-state index is 0.00149. The molecule has 1 aliphatic heterocycles. The maximum absolute atomic E-state index is 12.0. The molecule has 25 heavy (non-hydrogen) atoms. The summed E-state index contributed by atoms with van der Waals surface area (Å²) >= 11 is 1.15. The third-order valence-corrected chi connectivity index (χ3v) is 4.54. The van der Waals surface area contributed by atoms with Gasteiger partial charge in [-0.05, 0) is 24.3 Å². The van der Waals surface area contributed by atoms with E-state index in [-0.39, 0.29) is 17.4 Å². The third kappa shape index (κ3) is 4.74. The standard InChI is InChI=1S/C16H18N4O4S/c21-14(10-25-16-17-9-13(19-16)15(22)23)18-11-1-3-12(4-2-11)20-5-7-24-8-6-20/h1-4,9H,5-8,10H2,(H,17,19)(H,18,21)(H,22,23). The number of hydrogen-bond acceptors (Lipinski definition) is 6. The second-order valence-electron chi connectivity index (χ2n) is 5.39. The highest BCUT2D eigenvalue weighted by atomic mass is 32.2. The lowest BCUT2D eigenvalue weighted by molar-refractivity contribution is -0.113. The van der Waals surface area contributed by atoms with Crippen LogP contribution in [0, 0.1) is 0 Å². The number of rotatable bonds is 6. The topological polar surface area (TPSA) is 108 Å². The van der Waals surface area contributed by atoms with Crippen LogP contribution in [0.1, 0.15) is 10.5 Å². The Bertz CT molecular complexity index is 741. The lowest BCUT2D eigenvalue weighted by atomic mass is 10.2. The number of ether oxygens (including phenoxy) is 1. The molecule has 1 aromatic heterocycles. The van der Waals surface area contributed by atoms with Crippen molar-refractivity contribution in [2.24, 2.45) is 0 Å².